The summed E-state index contributed by atoms with van der Waals surface area (Å²) in [6.45, 7) is 5.65. The third-order valence-corrected chi connectivity index (χ3v) is 5.35. The van der Waals surface area contributed by atoms with Crippen molar-refractivity contribution in [2.75, 3.05) is 13.2 Å². The van der Waals surface area contributed by atoms with E-state index in [0.717, 1.165) is 37.2 Å². The van der Waals surface area contributed by atoms with Crippen LogP contribution in [0.2, 0.25) is 0 Å². The summed E-state index contributed by atoms with van der Waals surface area (Å²) < 4.78 is 25.6. The van der Waals surface area contributed by atoms with Crippen LogP contribution in [0.5, 0.6) is 11.5 Å². The number of aromatic nitrogens is 2. The van der Waals surface area contributed by atoms with E-state index in [1.807, 2.05) is 24.3 Å². The number of hydrogen-bond donors (Lipinski definition) is 0. The lowest BCUT2D eigenvalue weighted by molar-refractivity contribution is 0.284. The van der Waals surface area contributed by atoms with E-state index in [4.69, 9.17) is 9.47 Å². The molecule has 0 saturated carbocycles. The highest BCUT2D eigenvalue weighted by Gasteiger charge is 2.10. The normalized spacial score (nSPS) is 10.9. The number of nitrogens with zero attached hydrogens (tertiary/aromatic N) is 2. The van der Waals surface area contributed by atoms with Crippen LogP contribution in [0.3, 0.4) is 0 Å². The summed E-state index contributed by atoms with van der Waals surface area (Å²) in [6, 6.07) is 7.50. The van der Waals surface area contributed by atoms with Crippen molar-refractivity contribution >= 4 is 0 Å². The molecule has 0 aliphatic rings. The van der Waals surface area contributed by atoms with Crippen LogP contribution in [-0.2, 0) is 0 Å². The van der Waals surface area contributed by atoms with Gasteiger partial charge in [-0.2, -0.15) is 9.37 Å². The first kappa shape index (κ1) is 25.1. The second kappa shape index (κ2) is 15.6. The van der Waals surface area contributed by atoms with E-state index >= 15 is 0 Å². The highest BCUT2D eigenvalue weighted by atomic mass is 19.1. The highest BCUT2D eigenvalue weighted by Crippen LogP contribution is 2.22. The highest BCUT2D eigenvalue weighted by molar-refractivity contribution is 5.56. The second-order valence-electron chi connectivity index (χ2n) is 8.11. The van der Waals surface area contributed by atoms with E-state index in [-0.39, 0.29) is 5.75 Å². The van der Waals surface area contributed by atoms with Gasteiger partial charge in [0.25, 0.3) is 5.95 Å². The quantitative estimate of drug-likeness (QED) is 0.190. The minimum absolute atomic E-state index is 0.121. The van der Waals surface area contributed by atoms with Crippen LogP contribution in [0.1, 0.15) is 90.9 Å². The molecule has 0 saturated heterocycles. The molecule has 0 aliphatic carbocycles. The summed E-state index contributed by atoms with van der Waals surface area (Å²) in [7, 11) is 0. The summed E-state index contributed by atoms with van der Waals surface area (Å²) in [5.41, 5.74) is 0.758. The van der Waals surface area contributed by atoms with E-state index in [1.165, 1.54) is 64.0 Å². The van der Waals surface area contributed by atoms with Gasteiger partial charge in [0.2, 0.25) is 0 Å². The Balaban J connectivity index is 1.73. The Morgan fingerprint density at radius 1 is 0.710 bits per heavy atom. The van der Waals surface area contributed by atoms with E-state index in [9.17, 15) is 4.39 Å². The maximum absolute atomic E-state index is 14.3. The van der Waals surface area contributed by atoms with Gasteiger partial charge < -0.3 is 9.47 Å². The molecular formula is C26H39FN2O2. The van der Waals surface area contributed by atoms with Crippen LogP contribution in [-0.4, -0.2) is 23.2 Å². The van der Waals surface area contributed by atoms with Crippen LogP contribution >= 0.6 is 0 Å². The zero-order chi connectivity index (χ0) is 22.2. The molecule has 0 N–H and O–H groups in total. The Bertz CT molecular complexity index is 722. The number of benzene rings is 1. The fourth-order valence-electron chi connectivity index (χ4n) is 3.42. The first-order chi connectivity index (χ1) is 15.2. The molecule has 0 spiro atoms. The molecule has 0 bridgehead atoms. The number of halogens is 1. The third-order valence-electron chi connectivity index (χ3n) is 5.35. The molecular weight excluding hydrogens is 391 g/mol. The minimum atomic E-state index is -0.612. The van der Waals surface area contributed by atoms with Crippen LogP contribution in [0.4, 0.5) is 4.39 Å². The van der Waals surface area contributed by atoms with Crippen molar-refractivity contribution in [1.29, 1.82) is 0 Å². The lowest BCUT2D eigenvalue weighted by Gasteiger charge is -2.09. The number of rotatable bonds is 17. The fraction of sp³-hybridized carbons (Fsp3) is 0.615. The topological polar surface area (TPSA) is 44.2 Å². The molecule has 0 atom stereocenters. The van der Waals surface area contributed by atoms with Crippen LogP contribution < -0.4 is 9.47 Å². The van der Waals surface area contributed by atoms with Crippen LogP contribution in [0, 0.1) is 5.95 Å². The standard InChI is InChI=1S/C26H39FN2O2/c1-3-5-7-9-11-13-19-30-23-17-15-22(16-18-23)26-28-21-24(25(27)29-26)31-20-14-12-10-8-6-4-2/h15-18,21H,3-14,19-20H2,1-2H3. The molecule has 0 fully saturated rings. The molecule has 31 heavy (non-hydrogen) atoms. The van der Waals surface area contributed by atoms with E-state index in [0.29, 0.717) is 12.4 Å². The average Bonchev–Trinajstić information content (AvgIpc) is 2.79. The number of ether oxygens (including phenoxy) is 2. The molecule has 2 rings (SSSR count). The second-order valence-corrected chi connectivity index (χ2v) is 8.11. The molecule has 0 amide bonds. The fourth-order valence-corrected chi connectivity index (χ4v) is 3.42. The molecule has 0 unspecified atom stereocenters. The van der Waals surface area contributed by atoms with Gasteiger partial charge in [-0.1, -0.05) is 78.1 Å². The smallest absolute Gasteiger partial charge is 0.258 e. The molecule has 0 radical (unpaired) electrons. The third kappa shape index (κ3) is 10.1. The summed E-state index contributed by atoms with van der Waals surface area (Å²) in [6.07, 6.45) is 15.9. The number of hydrogen-bond acceptors (Lipinski definition) is 4. The number of unbranched alkanes of at least 4 members (excludes halogenated alkanes) is 10. The summed E-state index contributed by atoms with van der Waals surface area (Å²) in [5.74, 6) is 0.680. The first-order valence-corrected chi connectivity index (χ1v) is 12.1. The lowest BCUT2D eigenvalue weighted by atomic mass is 10.1. The average molecular weight is 431 g/mol. The Hall–Kier alpha value is -2.17. The summed E-state index contributed by atoms with van der Waals surface area (Å²) in [5, 5.41) is 0. The molecule has 1 aromatic carbocycles. The zero-order valence-corrected chi connectivity index (χ0v) is 19.4. The van der Waals surface area contributed by atoms with Gasteiger partial charge in [-0.15, -0.1) is 0 Å². The van der Waals surface area contributed by atoms with Gasteiger partial charge in [-0.3, -0.25) is 0 Å². The van der Waals surface area contributed by atoms with Gasteiger partial charge in [0.05, 0.1) is 19.4 Å². The molecule has 0 aliphatic heterocycles. The van der Waals surface area contributed by atoms with Crippen molar-refractivity contribution in [1.82, 2.24) is 9.97 Å². The Labute approximate surface area is 187 Å². The van der Waals surface area contributed by atoms with E-state index in [1.54, 1.807) is 0 Å². The monoisotopic (exact) mass is 430 g/mol. The largest absolute Gasteiger partial charge is 0.494 e. The van der Waals surface area contributed by atoms with Crippen LogP contribution in [0.25, 0.3) is 11.4 Å². The van der Waals surface area contributed by atoms with Crippen molar-refractivity contribution in [3.8, 4) is 22.9 Å². The van der Waals surface area contributed by atoms with Crippen molar-refractivity contribution in [3.63, 3.8) is 0 Å². The van der Waals surface area contributed by atoms with Gasteiger partial charge in [-0.05, 0) is 37.1 Å². The minimum Gasteiger partial charge on any atom is -0.494 e. The van der Waals surface area contributed by atoms with Crippen molar-refractivity contribution in [3.05, 3.63) is 36.4 Å². The zero-order valence-electron chi connectivity index (χ0n) is 19.4. The first-order valence-electron chi connectivity index (χ1n) is 12.1. The maximum atomic E-state index is 14.3. The van der Waals surface area contributed by atoms with Crippen molar-refractivity contribution in [2.24, 2.45) is 0 Å². The Morgan fingerprint density at radius 3 is 1.84 bits per heavy atom. The van der Waals surface area contributed by atoms with E-state index in [2.05, 4.69) is 23.8 Å². The van der Waals surface area contributed by atoms with Gasteiger partial charge in [-0.25, -0.2) is 4.98 Å². The molecule has 1 heterocycles. The molecule has 5 heteroatoms. The molecule has 2 aromatic rings. The summed E-state index contributed by atoms with van der Waals surface area (Å²) >= 11 is 0. The lowest BCUT2D eigenvalue weighted by Crippen LogP contribution is -2.03. The van der Waals surface area contributed by atoms with Gasteiger partial charge in [0.15, 0.2) is 11.6 Å². The van der Waals surface area contributed by atoms with Crippen LogP contribution in [0.15, 0.2) is 30.5 Å². The molecule has 172 valence electrons. The molecule has 4 nitrogen and oxygen atoms in total. The summed E-state index contributed by atoms with van der Waals surface area (Å²) in [4.78, 5) is 8.25. The predicted octanol–water partition coefficient (Wildman–Crippen LogP) is 7.76. The molecule has 1 aromatic heterocycles. The van der Waals surface area contributed by atoms with Gasteiger partial charge >= 0.3 is 0 Å². The van der Waals surface area contributed by atoms with E-state index < -0.39 is 5.95 Å². The van der Waals surface area contributed by atoms with Gasteiger partial charge in [0, 0.05) is 5.56 Å². The predicted molar refractivity (Wildman–Crippen MR) is 125 cm³/mol. The SMILES string of the molecule is CCCCCCCCOc1ccc(-c2ncc(OCCCCCCCC)c(F)n2)cc1. The maximum Gasteiger partial charge on any atom is 0.258 e. The van der Waals surface area contributed by atoms with Crippen molar-refractivity contribution in [2.45, 2.75) is 90.9 Å². The Morgan fingerprint density at radius 2 is 1.26 bits per heavy atom. The van der Waals surface area contributed by atoms with Gasteiger partial charge in [0.1, 0.15) is 5.75 Å². The van der Waals surface area contributed by atoms with Crippen molar-refractivity contribution < 1.29 is 13.9 Å². The Kier molecular flexibility index (Phi) is 12.6.